The number of carbonyl (C=O) groups excluding carboxylic acids is 1. The number of hydrogen-bond donors (Lipinski definition) is 0. The Kier molecular flexibility index (Phi) is 4.46. The molecule has 0 aliphatic carbocycles. The van der Waals surface area contributed by atoms with Gasteiger partial charge in [0.1, 0.15) is 0 Å². The van der Waals surface area contributed by atoms with Crippen molar-refractivity contribution in [3.05, 3.63) is 57.0 Å². The molecule has 5 nitrogen and oxygen atoms in total. The molecule has 2 amide bonds. The van der Waals surface area contributed by atoms with Gasteiger partial charge in [-0.2, -0.15) is 0 Å². The highest BCUT2D eigenvalue weighted by molar-refractivity contribution is 9.10. The lowest BCUT2D eigenvalue weighted by molar-refractivity contribution is 0.255. The molecule has 2 aromatic carbocycles. The van der Waals surface area contributed by atoms with Crippen LogP contribution in [0, 0.1) is 0 Å². The summed E-state index contributed by atoms with van der Waals surface area (Å²) < 4.78 is 25.4. The molecule has 2 heterocycles. The quantitative estimate of drug-likeness (QED) is 0.606. The van der Waals surface area contributed by atoms with E-state index in [0.29, 0.717) is 21.4 Å². The van der Waals surface area contributed by atoms with Gasteiger partial charge in [-0.1, -0.05) is 39.1 Å². The van der Waals surface area contributed by atoms with Crippen molar-refractivity contribution in [2.45, 2.75) is 12.1 Å². The molecule has 0 spiro atoms. The van der Waals surface area contributed by atoms with Gasteiger partial charge in [-0.15, -0.1) is 0 Å². The Balaban J connectivity index is 1.81. The molecule has 0 saturated carbocycles. The minimum atomic E-state index is -3.24. The summed E-state index contributed by atoms with van der Waals surface area (Å²) in [6.45, 7) is 0. The van der Waals surface area contributed by atoms with Crippen molar-refractivity contribution in [2.24, 2.45) is 0 Å². The van der Waals surface area contributed by atoms with E-state index >= 15 is 0 Å². The van der Waals surface area contributed by atoms with Gasteiger partial charge >= 0.3 is 6.03 Å². The number of amides is 2. The molecule has 0 aromatic heterocycles. The Labute approximate surface area is 169 Å². The van der Waals surface area contributed by atoms with Gasteiger partial charge in [-0.3, -0.25) is 9.80 Å². The minimum absolute atomic E-state index is 0.0582. The molecule has 0 unspecified atom stereocenters. The first kappa shape index (κ1) is 18.1. The van der Waals surface area contributed by atoms with Crippen LogP contribution < -0.4 is 9.80 Å². The van der Waals surface area contributed by atoms with Crippen LogP contribution in [0.1, 0.15) is 0 Å². The summed E-state index contributed by atoms with van der Waals surface area (Å²) in [5.74, 6) is -0.131. The number of sulfone groups is 1. The van der Waals surface area contributed by atoms with Gasteiger partial charge < -0.3 is 0 Å². The van der Waals surface area contributed by atoms with Crippen molar-refractivity contribution in [3.63, 3.8) is 0 Å². The average Bonchev–Trinajstić information content (AvgIpc) is 3.00. The van der Waals surface area contributed by atoms with E-state index in [-0.39, 0.29) is 17.5 Å². The molecule has 0 bridgehead atoms. The molecule has 9 heteroatoms. The number of halogens is 3. The normalized spacial score (nSPS) is 24.2. The molecule has 2 aromatic rings. The lowest BCUT2D eigenvalue weighted by Gasteiger charge is -2.23. The van der Waals surface area contributed by atoms with E-state index in [4.69, 9.17) is 23.2 Å². The van der Waals surface area contributed by atoms with Gasteiger partial charge in [-0.25, -0.2) is 13.2 Å². The summed E-state index contributed by atoms with van der Waals surface area (Å²) in [6, 6.07) is 10.9. The third-order valence-electron chi connectivity index (χ3n) is 4.66. The molecule has 2 saturated heterocycles. The molecule has 26 heavy (non-hydrogen) atoms. The first-order chi connectivity index (χ1) is 12.3. The van der Waals surface area contributed by atoms with E-state index in [2.05, 4.69) is 15.9 Å². The first-order valence-electron chi connectivity index (χ1n) is 7.80. The third kappa shape index (κ3) is 3.01. The third-order valence-corrected chi connectivity index (χ3v) is 7.62. The van der Waals surface area contributed by atoms with Crippen LogP contribution >= 0.6 is 39.1 Å². The van der Waals surface area contributed by atoms with Crippen LogP contribution in [0.3, 0.4) is 0 Å². The minimum Gasteiger partial charge on any atom is -0.288 e. The maximum atomic E-state index is 13.2. The van der Waals surface area contributed by atoms with Gasteiger partial charge in [0.05, 0.1) is 33.6 Å². The zero-order valence-corrected chi connectivity index (χ0v) is 17.2. The second kappa shape index (κ2) is 6.41. The molecule has 0 radical (unpaired) electrons. The van der Waals surface area contributed by atoms with Gasteiger partial charge in [0.15, 0.2) is 9.84 Å². The zero-order chi connectivity index (χ0) is 18.6. The Morgan fingerprint density at radius 1 is 0.885 bits per heavy atom. The van der Waals surface area contributed by atoms with Crippen molar-refractivity contribution in [1.82, 2.24) is 0 Å². The number of hydrogen-bond acceptors (Lipinski definition) is 3. The highest BCUT2D eigenvalue weighted by atomic mass is 79.9. The van der Waals surface area contributed by atoms with Gasteiger partial charge in [0, 0.05) is 15.8 Å². The predicted octanol–water partition coefficient (Wildman–Crippen LogP) is 4.37. The van der Waals surface area contributed by atoms with Crippen molar-refractivity contribution < 1.29 is 13.2 Å². The lowest BCUT2D eigenvalue weighted by atomic mass is 10.1. The van der Waals surface area contributed by atoms with Crippen molar-refractivity contribution in [2.75, 3.05) is 21.3 Å². The van der Waals surface area contributed by atoms with Crippen molar-refractivity contribution in [1.29, 1.82) is 0 Å². The summed E-state index contributed by atoms with van der Waals surface area (Å²) in [4.78, 5) is 16.3. The van der Waals surface area contributed by atoms with Crippen LogP contribution in [0.25, 0.3) is 0 Å². The maximum absolute atomic E-state index is 13.2. The van der Waals surface area contributed by atoms with E-state index in [1.807, 2.05) is 12.1 Å². The molecule has 2 aliphatic rings. The molecule has 2 aliphatic heterocycles. The highest BCUT2D eigenvalue weighted by Crippen LogP contribution is 2.39. The largest absolute Gasteiger partial charge is 0.329 e. The smallest absolute Gasteiger partial charge is 0.288 e. The van der Waals surface area contributed by atoms with Crippen LogP contribution in [-0.4, -0.2) is 38.0 Å². The predicted molar refractivity (Wildman–Crippen MR) is 107 cm³/mol. The second-order valence-electron chi connectivity index (χ2n) is 6.31. The fourth-order valence-corrected chi connectivity index (χ4v) is 6.02. The summed E-state index contributed by atoms with van der Waals surface area (Å²) in [7, 11) is -3.24. The fourth-order valence-electron chi connectivity index (χ4n) is 3.54. The van der Waals surface area contributed by atoms with Crippen molar-refractivity contribution in [3.8, 4) is 0 Å². The van der Waals surface area contributed by atoms with Gasteiger partial charge in [-0.05, 0) is 42.5 Å². The second-order valence-corrected chi connectivity index (χ2v) is 10.2. The number of carbonyl (C=O) groups is 1. The van der Waals surface area contributed by atoms with Gasteiger partial charge in [0.25, 0.3) is 0 Å². The summed E-state index contributed by atoms with van der Waals surface area (Å²) in [5.41, 5.74) is 1.20. The Hall–Kier alpha value is -1.28. The van der Waals surface area contributed by atoms with E-state index in [1.165, 1.54) is 4.90 Å². The Bertz CT molecular complexity index is 998. The monoisotopic (exact) mass is 474 g/mol. The average molecular weight is 476 g/mol. The molecule has 136 valence electrons. The molecule has 2 atom stereocenters. The first-order valence-corrected chi connectivity index (χ1v) is 11.2. The summed E-state index contributed by atoms with van der Waals surface area (Å²) in [5, 5.41) is 0.693. The molecular formula is C17H13BrCl2N2O3S. The van der Waals surface area contributed by atoms with Crippen LogP contribution in [0.15, 0.2) is 46.9 Å². The fraction of sp³-hybridized carbons (Fsp3) is 0.235. The van der Waals surface area contributed by atoms with E-state index in [9.17, 15) is 13.2 Å². The molecule has 4 rings (SSSR count). The number of fused-ring (bicyclic) bond motifs is 1. The van der Waals surface area contributed by atoms with Crippen LogP contribution in [0.4, 0.5) is 16.2 Å². The number of nitrogens with zero attached hydrogens (tertiary/aromatic N) is 2. The van der Waals surface area contributed by atoms with E-state index in [0.717, 1.165) is 4.47 Å². The number of urea groups is 1. The molecular weight excluding hydrogens is 463 g/mol. The number of benzene rings is 2. The van der Waals surface area contributed by atoms with E-state index < -0.39 is 21.9 Å². The van der Waals surface area contributed by atoms with E-state index in [1.54, 1.807) is 35.2 Å². The molecule has 0 N–H and O–H groups in total. The Morgan fingerprint density at radius 2 is 1.42 bits per heavy atom. The van der Waals surface area contributed by atoms with Crippen LogP contribution in [-0.2, 0) is 9.84 Å². The topological polar surface area (TPSA) is 57.7 Å². The SMILES string of the molecule is O=C1N(c2ccc(Cl)c(Cl)c2)[C@@H]2CS(=O)(=O)C[C@@H]2N1c1ccc(Br)cc1. The standard InChI is InChI=1S/C17H13BrCl2N2O3S/c18-10-1-3-11(4-2-10)21-15-8-26(24,25)9-16(15)22(17(21)23)12-5-6-13(19)14(20)7-12/h1-7,15-16H,8-9H2/t15-,16+/m0/s1. The number of rotatable bonds is 2. The highest BCUT2D eigenvalue weighted by Gasteiger charge is 2.54. The molecule has 2 fully saturated rings. The Morgan fingerprint density at radius 3 is 2.00 bits per heavy atom. The van der Waals surface area contributed by atoms with Crippen LogP contribution in [0.2, 0.25) is 10.0 Å². The maximum Gasteiger partial charge on any atom is 0.329 e. The lowest BCUT2D eigenvalue weighted by Crippen LogP contribution is -2.37. The van der Waals surface area contributed by atoms with Gasteiger partial charge in [0.2, 0.25) is 0 Å². The summed E-state index contributed by atoms with van der Waals surface area (Å²) >= 11 is 15.4. The number of anilines is 2. The van der Waals surface area contributed by atoms with Crippen LogP contribution in [0.5, 0.6) is 0 Å². The summed E-state index contributed by atoms with van der Waals surface area (Å²) in [6.07, 6.45) is 0. The zero-order valence-electron chi connectivity index (χ0n) is 13.3. The van der Waals surface area contributed by atoms with Crippen molar-refractivity contribution >= 4 is 66.4 Å².